The van der Waals surface area contributed by atoms with E-state index in [1.165, 1.54) is 0 Å². The van der Waals surface area contributed by atoms with Gasteiger partial charge >= 0.3 is 0 Å². The summed E-state index contributed by atoms with van der Waals surface area (Å²) in [5.74, 6) is 0.835. The van der Waals surface area contributed by atoms with E-state index in [4.69, 9.17) is 9.57 Å². The summed E-state index contributed by atoms with van der Waals surface area (Å²) in [4.78, 5) is 5.36. The third kappa shape index (κ3) is 4.03. The molecule has 0 spiro atoms. The number of rotatable bonds is 5. The van der Waals surface area contributed by atoms with Gasteiger partial charge in [0.2, 0.25) is 0 Å². The number of oxime groups is 1. The Bertz CT molecular complexity index is 739. The van der Waals surface area contributed by atoms with Crippen LogP contribution in [0.3, 0.4) is 0 Å². The van der Waals surface area contributed by atoms with Crippen LogP contribution < -0.4 is 4.74 Å². The maximum atomic E-state index is 5.65. The molecule has 0 saturated carbocycles. The zero-order valence-corrected chi connectivity index (χ0v) is 15.5. The minimum Gasteiger partial charge on any atom is -0.490 e. The van der Waals surface area contributed by atoms with Gasteiger partial charge in [-0.15, -0.1) is 0 Å². The molecule has 0 aromatic heterocycles. The third-order valence-corrected chi connectivity index (χ3v) is 4.30. The first-order valence-electron chi connectivity index (χ1n) is 7.21. The SMILES string of the molecule is BrC/C=C/COc1ccc(C2=NOCc3cc(Br)ccc32)cc1. The van der Waals surface area contributed by atoms with Crippen molar-refractivity contribution < 1.29 is 9.57 Å². The summed E-state index contributed by atoms with van der Waals surface area (Å²) in [7, 11) is 0. The molecular weight excluding hydrogens is 422 g/mol. The minimum atomic E-state index is 0.499. The molecular formula is C18H15Br2NO2. The van der Waals surface area contributed by atoms with Gasteiger partial charge in [-0.3, -0.25) is 0 Å². The van der Waals surface area contributed by atoms with Gasteiger partial charge in [-0.2, -0.15) is 0 Å². The molecule has 2 aromatic rings. The molecule has 1 heterocycles. The predicted molar refractivity (Wildman–Crippen MR) is 99.4 cm³/mol. The van der Waals surface area contributed by atoms with Crippen LogP contribution >= 0.6 is 31.9 Å². The van der Waals surface area contributed by atoms with Gasteiger partial charge in [0.1, 0.15) is 24.7 Å². The maximum absolute atomic E-state index is 5.65. The van der Waals surface area contributed by atoms with Crippen molar-refractivity contribution in [1.29, 1.82) is 0 Å². The Morgan fingerprint density at radius 3 is 2.74 bits per heavy atom. The lowest BCUT2D eigenvalue weighted by Crippen LogP contribution is -2.13. The second kappa shape index (κ2) is 7.79. The summed E-state index contributed by atoms with van der Waals surface area (Å²) in [6, 6.07) is 14.1. The van der Waals surface area contributed by atoms with E-state index < -0.39 is 0 Å². The van der Waals surface area contributed by atoms with Crippen LogP contribution in [-0.4, -0.2) is 17.6 Å². The first kappa shape index (κ1) is 16.3. The average molecular weight is 437 g/mol. The lowest BCUT2D eigenvalue weighted by Gasteiger charge is -2.17. The Balaban J connectivity index is 1.78. The van der Waals surface area contributed by atoms with Crippen LogP contribution in [0.1, 0.15) is 16.7 Å². The Hall–Kier alpha value is -1.59. The molecule has 0 N–H and O–H groups in total. The average Bonchev–Trinajstić information content (AvgIpc) is 2.58. The smallest absolute Gasteiger partial charge is 0.143 e. The highest BCUT2D eigenvalue weighted by molar-refractivity contribution is 9.10. The summed E-state index contributed by atoms with van der Waals surface area (Å²) in [6.07, 6.45) is 3.99. The van der Waals surface area contributed by atoms with Crippen LogP contribution in [0.2, 0.25) is 0 Å². The molecule has 2 aromatic carbocycles. The Kier molecular flexibility index (Phi) is 5.51. The van der Waals surface area contributed by atoms with E-state index in [-0.39, 0.29) is 0 Å². The quantitative estimate of drug-likeness (QED) is 0.484. The summed E-state index contributed by atoms with van der Waals surface area (Å²) in [5.41, 5.74) is 4.10. The van der Waals surface area contributed by atoms with Gasteiger partial charge in [0.05, 0.1) is 0 Å². The number of alkyl halides is 1. The van der Waals surface area contributed by atoms with Gasteiger partial charge in [-0.05, 0) is 36.4 Å². The summed E-state index contributed by atoms with van der Waals surface area (Å²) >= 11 is 6.83. The van der Waals surface area contributed by atoms with E-state index in [1.807, 2.05) is 42.5 Å². The monoisotopic (exact) mass is 435 g/mol. The largest absolute Gasteiger partial charge is 0.490 e. The fourth-order valence-electron chi connectivity index (χ4n) is 2.32. The molecule has 5 heteroatoms. The normalized spacial score (nSPS) is 13.4. The summed E-state index contributed by atoms with van der Waals surface area (Å²) in [6.45, 7) is 1.06. The van der Waals surface area contributed by atoms with E-state index in [1.54, 1.807) is 0 Å². The van der Waals surface area contributed by atoms with E-state index in [9.17, 15) is 0 Å². The maximum Gasteiger partial charge on any atom is 0.143 e. The van der Waals surface area contributed by atoms with E-state index in [0.717, 1.165) is 38.0 Å². The summed E-state index contributed by atoms with van der Waals surface area (Å²) in [5, 5.41) is 5.07. The minimum absolute atomic E-state index is 0.499. The number of ether oxygens (including phenoxy) is 1. The topological polar surface area (TPSA) is 30.8 Å². The van der Waals surface area contributed by atoms with Crippen LogP contribution in [0.4, 0.5) is 0 Å². The van der Waals surface area contributed by atoms with Crippen LogP contribution in [0.25, 0.3) is 0 Å². The highest BCUT2D eigenvalue weighted by atomic mass is 79.9. The van der Waals surface area contributed by atoms with E-state index in [0.29, 0.717) is 13.2 Å². The van der Waals surface area contributed by atoms with Gasteiger partial charge in [-0.25, -0.2) is 0 Å². The van der Waals surface area contributed by atoms with Crippen molar-refractivity contribution in [3.63, 3.8) is 0 Å². The van der Waals surface area contributed by atoms with Crippen molar-refractivity contribution in [2.45, 2.75) is 6.61 Å². The van der Waals surface area contributed by atoms with Crippen molar-refractivity contribution in [2.24, 2.45) is 5.16 Å². The Morgan fingerprint density at radius 2 is 1.96 bits per heavy atom. The highest BCUT2D eigenvalue weighted by Crippen LogP contribution is 2.25. The lowest BCUT2D eigenvalue weighted by molar-refractivity contribution is 0.126. The van der Waals surface area contributed by atoms with Gasteiger partial charge in [0, 0.05) is 26.5 Å². The molecule has 0 bridgehead atoms. The van der Waals surface area contributed by atoms with Crippen molar-refractivity contribution in [3.05, 3.63) is 75.8 Å². The molecule has 0 aliphatic carbocycles. The number of halogens is 2. The number of hydrogen-bond acceptors (Lipinski definition) is 3. The van der Waals surface area contributed by atoms with Crippen LogP contribution in [0, 0.1) is 0 Å². The molecule has 1 aliphatic heterocycles. The zero-order valence-electron chi connectivity index (χ0n) is 12.3. The molecule has 0 unspecified atom stereocenters. The van der Waals surface area contributed by atoms with Crippen LogP contribution in [0.5, 0.6) is 5.75 Å². The van der Waals surface area contributed by atoms with Gasteiger partial charge in [-0.1, -0.05) is 55.2 Å². The number of nitrogens with zero attached hydrogens (tertiary/aromatic N) is 1. The van der Waals surface area contributed by atoms with Crippen LogP contribution in [0.15, 0.2) is 64.2 Å². The van der Waals surface area contributed by atoms with Crippen molar-refractivity contribution in [1.82, 2.24) is 0 Å². The molecule has 0 saturated heterocycles. The molecule has 23 heavy (non-hydrogen) atoms. The van der Waals surface area contributed by atoms with Crippen LogP contribution in [-0.2, 0) is 11.4 Å². The standard InChI is InChI=1S/C18H15Br2NO2/c19-9-1-2-10-22-16-6-3-13(4-7-16)18-17-8-5-15(20)11-14(17)12-23-21-18/h1-8,11H,9-10,12H2/b2-1+. The molecule has 0 atom stereocenters. The van der Waals surface area contributed by atoms with Gasteiger partial charge < -0.3 is 9.57 Å². The molecule has 0 amide bonds. The first-order chi connectivity index (χ1) is 11.3. The Morgan fingerprint density at radius 1 is 1.13 bits per heavy atom. The molecule has 1 aliphatic rings. The van der Waals surface area contributed by atoms with E-state index in [2.05, 4.69) is 49.1 Å². The first-order valence-corrected chi connectivity index (χ1v) is 9.12. The fourth-order valence-corrected chi connectivity index (χ4v) is 2.99. The number of hydrogen-bond donors (Lipinski definition) is 0. The molecule has 0 radical (unpaired) electrons. The van der Waals surface area contributed by atoms with Crippen molar-refractivity contribution in [3.8, 4) is 5.75 Å². The van der Waals surface area contributed by atoms with Gasteiger partial charge in [0.15, 0.2) is 0 Å². The molecule has 3 rings (SSSR count). The summed E-state index contributed by atoms with van der Waals surface area (Å²) < 4.78 is 6.69. The second-order valence-corrected chi connectivity index (χ2v) is 6.54. The zero-order chi connectivity index (χ0) is 16.1. The lowest BCUT2D eigenvalue weighted by atomic mass is 9.97. The number of benzene rings is 2. The van der Waals surface area contributed by atoms with Crippen molar-refractivity contribution >= 4 is 37.6 Å². The van der Waals surface area contributed by atoms with Gasteiger partial charge in [0.25, 0.3) is 0 Å². The predicted octanol–water partition coefficient (Wildman–Crippen LogP) is 5.06. The Labute approximate surface area is 152 Å². The fraction of sp³-hybridized carbons (Fsp3) is 0.167. The molecule has 0 fully saturated rings. The molecule has 118 valence electrons. The highest BCUT2D eigenvalue weighted by Gasteiger charge is 2.17. The second-order valence-electron chi connectivity index (χ2n) is 4.98. The van der Waals surface area contributed by atoms with E-state index >= 15 is 0 Å². The third-order valence-electron chi connectivity index (χ3n) is 3.43. The molecule has 3 nitrogen and oxygen atoms in total. The number of fused-ring (bicyclic) bond motifs is 1. The van der Waals surface area contributed by atoms with Crippen molar-refractivity contribution in [2.75, 3.05) is 11.9 Å². The number of allylic oxidation sites excluding steroid dienone is 1.